The molecule has 0 spiro atoms. The molecular formula is C13H16N6O. The average Bonchev–Trinajstić information content (AvgIpc) is 3.01. The second-order valence-electron chi connectivity index (χ2n) is 4.86. The molecule has 1 aromatic heterocycles. The van der Waals surface area contributed by atoms with Gasteiger partial charge in [-0.15, -0.1) is 5.10 Å². The van der Waals surface area contributed by atoms with Gasteiger partial charge in [0.15, 0.2) is 0 Å². The van der Waals surface area contributed by atoms with Gasteiger partial charge in [-0.05, 0) is 35.5 Å². The van der Waals surface area contributed by atoms with Crippen molar-refractivity contribution in [1.82, 2.24) is 30.4 Å². The van der Waals surface area contributed by atoms with Crippen LogP contribution in [0.15, 0.2) is 30.6 Å². The fraction of sp³-hybridized carbons (Fsp3) is 0.385. The van der Waals surface area contributed by atoms with E-state index >= 15 is 0 Å². The minimum Gasteiger partial charge on any atom is -0.333 e. The van der Waals surface area contributed by atoms with Crippen LogP contribution in [-0.2, 0) is 0 Å². The molecular weight excluding hydrogens is 256 g/mol. The first kappa shape index (κ1) is 12.7. The van der Waals surface area contributed by atoms with Crippen molar-refractivity contribution in [1.29, 1.82) is 0 Å². The molecule has 3 rings (SSSR count). The summed E-state index contributed by atoms with van der Waals surface area (Å²) in [5.74, 6) is 0.0499. The lowest BCUT2D eigenvalue weighted by Crippen LogP contribution is -2.52. The van der Waals surface area contributed by atoms with E-state index in [9.17, 15) is 4.79 Å². The molecule has 1 aliphatic heterocycles. The van der Waals surface area contributed by atoms with Gasteiger partial charge in [0.1, 0.15) is 6.33 Å². The smallest absolute Gasteiger partial charge is 0.254 e. The number of carbonyl (C=O) groups excluding carboxylic acids is 1. The van der Waals surface area contributed by atoms with Gasteiger partial charge in [-0.2, -0.15) is 0 Å². The lowest BCUT2D eigenvalue weighted by Gasteiger charge is -2.34. The highest BCUT2D eigenvalue weighted by Crippen LogP contribution is 2.14. The molecule has 7 nitrogen and oxygen atoms in total. The van der Waals surface area contributed by atoms with E-state index in [0.29, 0.717) is 5.56 Å². The topological polar surface area (TPSA) is 75.9 Å². The summed E-state index contributed by atoms with van der Waals surface area (Å²) in [6, 6.07) is 7.55. The number of carbonyl (C=O) groups is 1. The molecule has 1 amide bonds. The minimum absolute atomic E-state index is 0.0499. The Balaban J connectivity index is 1.86. The van der Waals surface area contributed by atoms with Crippen molar-refractivity contribution in [3.05, 3.63) is 36.2 Å². The number of tetrazole rings is 1. The molecule has 7 heteroatoms. The van der Waals surface area contributed by atoms with Crippen molar-refractivity contribution in [3.8, 4) is 5.69 Å². The van der Waals surface area contributed by atoms with Crippen LogP contribution in [0.5, 0.6) is 0 Å². The highest BCUT2D eigenvalue weighted by atomic mass is 16.2. The van der Waals surface area contributed by atoms with Crippen LogP contribution in [0.1, 0.15) is 17.3 Å². The standard InChI is InChI=1S/C13H16N6O/c1-10-8-14-5-6-18(10)13(20)11-3-2-4-12(7-11)19-9-15-16-17-19/h2-4,7,9-10,14H,5-6,8H2,1H3. The highest BCUT2D eigenvalue weighted by Gasteiger charge is 2.24. The van der Waals surface area contributed by atoms with E-state index in [1.165, 1.54) is 11.0 Å². The maximum Gasteiger partial charge on any atom is 0.254 e. The summed E-state index contributed by atoms with van der Waals surface area (Å²) in [7, 11) is 0. The summed E-state index contributed by atoms with van der Waals surface area (Å²) in [5.41, 5.74) is 1.44. The van der Waals surface area contributed by atoms with Crippen molar-refractivity contribution >= 4 is 5.91 Å². The Morgan fingerprint density at radius 2 is 2.35 bits per heavy atom. The van der Waals surface area contributed by atoms with Crippen molar-refractivity contribution in [2.45, 2.75) is 13.0 Å². The van der Waals surface area contributed by atoms with E-state index in [1.54, 1.807) is 0 Å². The van der Waals surface area contributed by atoms with Gasteiger partial charge in [0, 0.05) is 31.2 Å². The predicted octanol–water partition coefficient (Wildman–Crippen LogP) is 0.0962. The maximum atomic E-state index is 12.6. The molecule has 1 fully saturated rings. The van der Waals surface area contributed by atoms with Crippen LogP contribution in [0, 0.1) is 0 Å². The molecule has 1 saturated heterocycles. The molecule has 104 valence electrons. The molecule has 1 aliphatic rings. The van der Waals surface area contributed by atoms with Crippen LogP contribution >= 0.6 is 0 Å². The first-order valence-corrected chi connectivity index (χ1v) is 6.61. The van der Waals surface area contributed by atoms with E-state index in [2.05, 4.69) is 27.8 Å². The number of nitrogens with zero attached hydrogens (tertiary/aromatic N) is 5. The number of hydrogen-bond donors (Lipinski definition) is 1. The Labute approximate surface area is 116 Å². The van der Waals surface area contributed by atoms with Gasteiger partial charge in [-0.25, -0.2) is 4.68 Å². The molecule has 0 saturated carbocycles. The SMILES string of the molecule is CC1CNCCN1C(=O)c1cccc(-n2cnnn2)c1. The van der Waals surface area contributed by atoms with E-state index in [0.717, 1.165) is 25.3 Å². The third-order valence-corrected chi connectivity index (χ3v) is 3.47. The Morgan fingerprint density at radius 1 is 1.45 bits per heavy atom. The summed E-state index contributed by atoms with van der Waals surface area (Å²) in [5, 5.41) is 14.3. The van der Waals surface area contributed by atoms with Crippen LogP contribution < -0.4 is 5.32 Å². The largest absolute Gasteiger partial charge is 0.333 e. The molecule has 1 aromatic carbocycles. The van der Waals surface area contributed by atoms with Crippen molar-refractivity contribution in [2.75, 3.05) is 19.6 Å². The van der Waals surface area contributed by atoms with Crippen molar-refractivity contribution < 1.29 is 4.79 Å². The summed E-state index contributed by atoms with van der Waals surface area (Å²) < 4.78 is 1.54. The molecule has 2 aromatic rings. The molecule has 1 unspecified atom stereocenters. The van der Waals surface area contributed by atoms with E-state index in [4.69, 9.17) is 0 Å². The number of aromatic nitrogens is 4. The zero-order chi connectivity index (χ0) is 13.9. The van der Waals surface area contributed by atoms with Crippen molar-refractivity contribution in [3.63, 3.8) is 0 Å². The van der Waals surface area contributed by atoms with E-state index < -0.39 is 0 Å². The lowest BCUT2D eigenvalue weighted by molar-refractivity contribution is 0.0655. The first-order chi connectivity index (χ1) is 9.75. The Morgan fingerprint density at radius 3 is 3.10 bits per heavy atom. The lowest BCUT2D eigenvalue weighted by atomic mass is 10.1. The number of nitrogens with one attached hydrogen (secondary N) is 1. The fourth-order valence-electron chi connectivity index (χ4n) is 2.37. The van der Waals surface area contributed by atoms with Crippen LogP contribution in [0.3, 0.4) is 0 Å². The highest BCUT2D eigenvalue weighted by molar-refractivity contribution is 5.95. The molecule has 0 bridgehead atoms. The van der Waals surface area contributed by atoms with Crippen LogP contribution in [0.4, 0.5) is 0 Å². The predicted molar refractivity (Wildman–Crippen MR) is 72.5 cm³/mol. The summed E-state index contributed by atoms with van der Waals surface area (Å²) in [6.45, 7) is 4.45. The molecule has 1 N–H and O–H groups in total. The second-order valence-corrected chi connectivity index (χ2v) is 4.86. The summed E-state index contributed by atoms with van der Waals surface area (Å²) in [6.07, 6.45) is 1.51. The quantitative estimate of drug-likeness (QED) is 0.839. The summed E-state index contributed by atoms with van der Waals surface area (Å²) >= 11 is 0. The van der Waals surface area contributed by atoms with Crippen LogP contribution in [0.25, 0.3) is 5.69 Å². The zero-order valence-corrected chi connectivity index (χ0v) is 11.2. The third-order valence-electron chi connectivity index (χ3n) is 3.47. The average molecular weight is 272 g/mol. The van der Waals surface area contributed by atoms with Gasteiger partial charge in [-0.3, -0.25) is 4.79 Å². The van der Waals surface area contributed by atoms with Gasteiger partial charge < -0.3 is 10.2 Å². The maximum absolute atomic E-state index is 12.6. The van der Waals surface area contributed by atoms with Crippen molar-refractivity contribution in [2.24, 2.45) is 0 Å². The Bertz CT molecular complexity index is 597. The van der Waals surface area contributed by atoms with Gasteiger partial charge in [0.2, 0.25) is 0 Å². The fourth-order valence-corrected chi connectivity index (χ4v) is 2.37. The number of piperazine rings is 1. The second kappa shape index (κ2) is 5.38. The van der Waals surface area contributed by atoms with E-state index in [-0.39, 0.29) is 11.9 Å². The van der Waals surface area contributed by atoms with Gasteiger partial charge in [0.25, 0.3) is 5.91 Å². The van der Waals surface area contributed by atoms with Gasteiger partial charge in [0.05, 0.1) is 5.69 Å². The number of hydrogen-bond acceptors (Lipinski definition) is 5. The molecule has 0 aliphatic carbocycles. The normalized spacial score (nSPS) is 19.1. The monoisotopic (exact) mass is 272 g/mol. The molecule has 2 heterocycles. The number of rotatable bonds is 2. The Kier molecular flexibility index (Phi) is 3.42. The Hall–Kier alpha value is -2.28. The molecule has 0 radical (unpaired) electrons. The van der Waals surface area contributed by atoms with Crippen LogP contribution in [-0.4, -0.2) is 56.7 Å². The third kappa shape index (κ3) is 2.39. The van der Waals surface area contributed by atoms with Crippen LogP contribution in [0.2, 0.25) is 0 Å². The molecule has 1 atom stereocenters. The molecule has 20 heavy (non-hydrogen) atoms. The number of benzene rings is 1. The van der Waals surface area contributed by atoms with E-state index in [1.807, 2.05) is 29.2 Å². The summed E-state index contributed by atoms with van der Waals surface area (Å²) in [4.78, 5) is 14.5. The number of amides is 1. The zero-order valence-electron chi connectivity index (χ0n) is 11.2. The minimum atomic E-state index is 0.0499. The van der Waals surface area contributed by atoms with Gasteiger partial charge in [-0.1, -0.05) is 6.07 Å². The van der Waals surface area contributed by atoms with Gasteiger partial charge >= 0.3 is 0 Å². The first-order valence-electron chi connectivity index (χ1n) is 6.61.